The molecule has 0 rings (SSSR count). The maximum Gasteiger partial charge on any atom is 0.222 e. The number of carbonyl (C=O) groups is 1. The minimum atomic E-state index is 0.162. The van der Waals surface area contributed by atoms with Crippen molar-refractivity contribution < 1.29 is 4.79 Å². The third kappa shape index (κ3) is 21.9. The highest BCUT2D eigenvalue weighted by molar-refractivity contribution is 5.78. The van der Waals surface area contributed by atoms with Crippen LogP contribution < -0.4 is 5.32 Å². The van der Waals surface area contributed by atoms with Gasteiger partial charge in [-0.05, 0) is 25.7 Å². The molecule has 0 aromatic carbocycles. The number of hydrogen-bond donors (Lipinski definition) is 1. The third-order valence-electron chi connectivity index (χ3n) is 6.32. The second-order valence-corrected chi connectivity index (χ2v) is 9.42. The van der Waals surface area contributed by atoms with Crippen LogP contribution in [0, 0.1) is 5.92 Å². The van der Waals surface area contributed by atoms with Gasteiger partial charge in [0.1, 0.15) is 0 Å². The molecule has 2 heteroatoms. The minimum absolute atomic E-state index is 0.162. The van der Waals surface area contributed by atoms with Crippen LogP contribution in [0.3, 0.4) is 0 Å². The van der Waals surface area contributed by atoms with Crippen LogP contribution in [0.4, 0.5) is 0 Å². The molecule has 0 heterocycles. The summed E-state index contributed by atoms with van der Waals surface area (Å²) in [6, 6.07) is 0. The van der Waals surface area contributed by atoms with Crippen molar-refractivity contribution in [1.29, 1.82) is 0 Å². The van der Waals surface area contributed by atoms with Gasteiger partial charge in [-0.3, -0.25) is 4.79 Å². The molecule has 0 aliphatic heterocycles. The second kappa shape index (κ2) is 24.5. The standard InChI is InChI=1S/C28H55NO/c1-4-6-8-10-11-12-13-14-15-16-17-18-19-20-22-24-26-29-28(30)27(3)25-23-21-9-7-5-2/h5,27H,2,4,6-26H2,1,3H3,(H,29,30). The summed E-state index contributed by atoms with van der Waals surface area (Å²) in [5.74, 6) is 0.412. The molecule has 1 amide bonds. The van der Waals surface area contributed by atoms with Crippen LogP contribution in [-0.4, -0.2) is 12.5 Å². The van der Waals surface area contributed by atoms with Crippen LogP contribution in [0.5, 0.6) is 0 Å². The van der Waals surface area contributed by atoms with Crippen molar-refractivity contribution in [3.8, 4) is 0 Å². The van der Waals surface area contributed by atoms with Gasteiger partial charge in [-0.25, -0.2) is 0 Å². The molecule has 0 aromatic rings. The van der Waals surface area contributed by atoms with E-state index in [2.05, 4.69) is 25.7 Å². The largest absolute Gasteiger partial charge is 0.356 e. The Morgan fingerprint density at radius 2 is 1.13 bits per heavy atom. The van der Waals surface area contributed by atoms with E-state index in [1.807, 2.05) is 6.08 Å². The van der Waals surface area contributed by atoms with Gasteiger partial charge >= 0.3 is 0 Å². The molecule has 178 valence electrons. The van der Waals surface area contributed by atoms with E-state index in [9.17, 15) is 4.79 Å². The highest BCUT2D eigenvalue weighted by Crippen LogP contribution is 2.14. The van der Waals surface area contributed by atoms with Gasteiger partial charge in [0.25, 0.3) is 0 Å². The van der Waals surface area contributed by atoms with E-state index in [1.165, 1.54) is 109 Å². The molecular weight excluding hydrogens is 366 g/mol. The first-order chi connectivity index (χ1) is 14.7. The Balaban J connectivity index is 3.23. The third-order valence-corrected chi connectivity index (χ3v) is 6.32. The topological polar surface area (TPSA) is 29.1 Å². The van der Waals surface area contributed by atoms with E-state index in [-0.39, 0.29) is 11.8 Å². The fourth-order valence-electron chi connectivity index (χ4n) is 4.11. The summed E-state index contributed by atoms with van der Waals surface area (Å²) in [7, 11) is 0. The molecule has 1 N–H and O–H groups in total. The molecule has 0 bridgehead atoms. The SMILES string of the molecule is C=CCCCCCC(C)C(=O)NCCCCCCCCCCCCCCCCCC. The molecule has 0 saturated heterocycles. The number of unbranched alkanes of at least 4 members (excludes halogenated alkanes) is 18. The maximum atomic E-state index is 12.1. The number of allylic oxidation sites excluding steroid dienone is 1. The number of nitrogens with one attached hydrogen (secondary N) is 1. The predicted octanol–water partition coefficient (Wildman–Crippen LogP) is 9.14. The molecule has 0 aliphatic rings. The molecule has 0 radical (unpaired) electrons. The molecule has 0 saturated carbocycles. The summed E-state index contributed by atoms with van der Waals surface area (Å²) in [6.45, 7) is 8.97. The van der Waals surface area contributed by atoms with Crippen LogP contribution in [-0.2, 0) is 4.79 Å². The Bertz CT molecular complexity index is 366. The normalized spacial score (nSPS) is 12.1. The second-order valence-electron chi connectivity index (χ2n) is 9.42. The Hall–Kier alpha value is -0.790. The molecule has 0 aliphatic carbocycles. The molecule has 0 spiro atoms. The average molecular weight is 422 g/mol. The molecule has 30 heavy (non-hydrogen) atoms. The van der Waals surface area contributed by atoms with Gasteiger partial charge in [0, 0.05) is 12.5 Å². The summed E-state index contributed by atoms with van der Waals surface area (Å²) >= 11 is 0. The lowest BCUT2D eigenvalue weighted by Crippen LogP contribution is -2.30. The lowest BCUT2D eigenvalue weighted by atomic mass is 10.0. The monoisotopic (exact) mass is 421 g/mol. The van der Waals surface area contributed by atoms with Crippen molar-refractivity contribution in [2.45, 2.75) is 149 Å². The van der Waals surface area contributed by atoms with E-state index in [1.54, 1.807) is 0 Å². The van der Waals surface area contributed by atoms with Gasteiger partial charge in [0.15, 0.2) is 0 Å². The van der Waals surface area contributed by atoms with Crippen LogP contribution in [0.2, 0.25) is 0 Å². The van der Waals surface area contributed by atoms with Gasteiger partial charge in [-0.15, -0.1) is 6.58 Å². The van der Waals surface area contributed by atoms with Crippen LogP contribution >= 0.6 is 0 Å². The van der Waals surface area contributed by atoms with Crippen molar-refractivity contribution >= 4 is 5.91 Å². The number of rotatable bonds is 24. The fourth-order valence-corrected chi connectivity index (χ4v) is 4.11. The van der Waals surface area contributed by atoms with Crippen molar-refractivity contribution in [2.24, 2.45) is 5.92 Å². The lowest BCUT2D eigenvalue weighted by molar-refractivity contribution is -0.124. The summed E-state index contributed by atoms with van der Waals surface area (Å²) in [5, 5.41) is 3.13. The zero-order valence-electron chi connectivity index (χ0n) is 20.8. The smallest absolute Gasteiger partial charge is 0.222 e. The van der Waals surface area contributed by atoms with Crippen molar-refractivity contribution in [1.82, 2.24) is 5.32 Å². The quantitative estimate of drug-likeness (QED) is 0.122. The van der Waals surface area contributed by atoms with Gasteiger partial charge in [-0.1, -0.05) is 129 Å². The van der Waals surface area contributed by atoms with Gasteiger partial charge in [0.05, 0.1) is 0 Å². The highest BCUT2D eigenvalue weighted by atomic mass is 16.1. The fraction of sp³-hybridized carbons (Fsp3) is 0.893. The number of hydrogen-bond acceptors (Lipinski definition) is 1. The van der Waals surface area contributed by atoms with E-state index in [4.69, 9.17) is 0 Å². The zero-order chi connectivity index (χ0) is 22.1. The van der Waals surface area contributed by atoms with E-state index < -0.39 is 0 Å². The molecule has 0 aromatic heterocycles. The van der Waals surface area contributed by atoms with Crippen molar-refractivity contribution in [3.63, 3.8) is 0 Å². The maximum absolute atomic E-state index is 12.1. The highest BCUT2D eigenvalue weighted by Gasteiger charge is 2.11. The van der Waals surface area contributed by atoms with E-state index in [0.717, 1.165) is 32.2 Å². The first kappa shape index (κ1) is 29.2. The Morgan fingerprint density at radius 1 is 0.700 bits per heavy atom. The lowest BCUT2D eigenvalue weighted by Gasteiger charge is -2.12. The van der Waals surface area contributed by atoms with Gasteiger partial charge in [-0.2, -0.15) is 0 Å². The zero-order valence-corrected chi connectivity index (χ0v) is 20.8. The van der Waals surface area contributed by atoms with Crippen molar-refractivity contribution in [2.75, 3.05) is 6.54 Å². The molecule has 1 atom stereocenters. The Morgan fingerprint density at radius 3 is 1.60 bits per heavy atom. The van der Waals surface area contributed by atoms with Crippen LogP contribution in [0.15, 0.2) is 12.7 Å². The summed E-state index contributed by atoms with van der Waals surface area (Å²) < 4.78 is 0. The summed E-state index contributed by atoms with van der Waals surface area (Å²) in [5.41, 5.74) is 0. The van der Waals surface area contributed by atoms with Crippen molar-refractivity contribution in [3.05, 3.63) is 12.7 Å². The predicted molar refractivity (Wildman–Crippen MR) is 135 cm³/mol. The molecular formula is C28H55NO. The van der Waals surface area contributed by atoms with E-state index in [0.29, 0.717) is 0 Å². The van der Waals surface area contributed by atoms with E-state index >= 15 is 0 Å². The first-order valence-corrected chi connectivity index (χ1v) is 13.6. The summed E-state index contributed by atoms with van der Waals surface area (Å²) in [4.78, 5) is 12.1. The molecule has 0 fully saturated rings. The molecule has 2 nitrogen and oxygen atoms in total. The molecule has 1 unspecified atom stereocenters. The first-order valence-electron chi connectivity index (χ1n) is 13.6. The minimum Gasteiger partial charge on any atom is -0.356 e. The summed E-state index contributed by atoms with van der Waals surface area (Å²) in [6.07, 6.45) is 29.9. The van der Waals surface area contributed by atoms with Crippen LogP contribution in [0.1, 0.15) is 149 Å². The number of amides is 1. The Labute approximate surface area is 190 Å². The number of carbonyl (C=O) groups excluding carboxylic acids is 1. The van der Waals surface area contributed by atoms with Gasteiger partial charge < -0.3 is 5.32 Å². The average Bonchev–Trinajstić information content (AvgIpc) is 2.75. The Kier molecular flexibility index (Phi) is 23.8. The van der Waals surface area contributed by atoms with Crippen LogP contribution in [0.25, 0.3) is 0 Å². The van der Waals surface area contributed by atoms with Gasteiger partial charge in [0.2, 0.25) is 5.91 Å².